The summed E-state index contributed by atoms with van der Waals surface area (Å²) in [5.41, 5.74) is -8.54. The van der Waals surface area contributed by atoms with Crippen molar-refractivity contribution in [2.24, 2.45) is 11.3 Å². The van der Waals surface area contributed by atoms with E-state index in [9.17, 15) is 33.0 Å². The van der Waals surface area contributed by atoms with Crippen LogP contribution in [0.5, 0.6) is 0 Å². The molecule has 30 heavy (non-hydrogen) atoms. The number of fused-ring (bicyclic) bond motifs is 5. The summed E-state index contributed by atoms with van der Waals surface area (Å²) in [4.78, 5) is 27.4. The first-order chi connectivity index (χ1) is 13.7. The summed E-state index contributed by atoms with van der Waals surface area (Å²) < 4.78 is 46.1. The smallest absolute Gasteiger partial charge is 0.393 e. The molecule has 2 amide bonds. The maximum absolute atomic E-state index is 13.5. The van der Waals surface area contributed by atoms with Gasteiger partial charge in [0.25, 0.3) is 0 Å². The van der Waals surface area contributed by atoms with Crippen LogP contribution in [0.2, 0.25) is 0 Å². The number of alkyl halides is 3. The van der Waals surface area contributed by atoms with E-state index < -0.39 is 63.9 Å². The highest BCUT2D eigenvalue weighted by Gasteiger charge is 2.85. The molecule has 0 saturated carbocycles. The van der Waals surface area contributed by atoms with Gasteiger partial charge in [-0.15, -0.1) is 0 Å². The van der Waals surface area contributed by atoms with Crippen LogP contribution in [0.1, 0.15) is 38.3 Å². The Morgan fingerprint density at radius 1 is 1.30 bits per heavy atom. The van der Waals surface area contributed by atoms with Gasteiger partial charge in [0, 0.05) is 6.42 Å². The number of imide groups is 1. The molecule has 2 bridgehead atoms. The van der Waals surface area contributed by atoms with Crippen molar-refractivity contribution in [3.05, 3.63) is 29.3 Å². The van der Waals surface area contributed by atoms with Crippen molar-refractivity contribution in [2.75, 3.05) is 11.5 Å². The van der Waals surface area contributed by atoms with Crippen molar-refractivity contribution >= 4 is 17.5 Å². The van der Waals surface area contributed by atoms with Gasteiger partial charge < -0.3 is 14.9 Å². The van der Waals surface area contributed by atoms with Crippen LogP contribution in [0.4, 0.5) is 18.9 Å². The van der Waals surface area contributed by atoms with E-state index in [0.717, 1.165) is 12.1 Å². The standard InChI is InChI=1S/C20H19F3N2O5/c1-16-8-19(29,9-26)18(3,30-16)17(2)13(16)14(27)25(15(17)28)11-5-4-10(7-24)12(6-11)20(21,22)23/h4-6,13,26,29H,8-9H2,1-3H3/t13-,16?,17+,18?,19-/m1/s1. The monoisotopic (exact) mass is 424 g/mol. The number of benzene rings is 1. The van der Waals surface area contributed by atoms with E-state index in [-0.39, 0.29) is 12.1 Å². The molecule has 3 heterocycles. The second-order valence-corrected chi connectivity index (χ2v) is 8.77. The summed E-state index contributed by atoms with van der Waals surface area (Å²) in [5, 5.41) is 29.7. The summed E-state index contributed by atoms with van der Waals surface area (Å²) in [6, 6.07) is 4.08. The molecular formula is C20H19F3N2O5. The Morgan fingerprint density at radius 3 is 2.47 bits per heavy atom. The Kier molecular flexibility index (Phi) is 3.88. The van der Waals surface area contributed by atoms with Crippen molar-refractivity contribution < 1.29 is 37.7 Å². The molecule has 1 aromatic rings. The first-order valence-corrected chi connectivity index (χ1v) is 9.23. The van der Waals surface area contributed by atoms with Crippen LogP contribution in [0.3, 0.4) is 0 Å². The number of aliphatic hydroxyl groups excluding tert-OH is 1. The van der Waals surface area contributed by atoms with Gasteiger partial charge in [0.2, 0.25) is 11.8 Å². The Balaban J connectivity index is 1.88. The Labute approximate surface area is 169 Å². The van der Waals surface area contributed by atoms with E-state index in [1.165, 1.54) is 19.9 Å². The number of halogens is 3. The maximum Gasteiger partial charge on any atom is 0.417 e. The Hall–Kier alpha value is -2.48. The molecule has 0 aromatic heterocycles. The number of rotatable bonds is 2. The predicted molar refractivity (Wildman–Crippen MR) is 94.8 cm³/mol. The van der Waals surface area contributed by atoms with E-state index in [2.05, 4.69) is 0 Å². The second kappa shape index (κ2) is 5.60. The number of amides is 2. The quantitative estimate of drug-likeness (QED) is 0.700. The Bertz CT molecular complexity index is 1040. The fraction of sp³-hybridized carbons (Fsp3) is 0.550. The van der Waals surface area contributed by atoms with Crippen molar-refractivity contribution in [1.82, 2.24) is 0 Å². The van der Waals surface area contributed by atoms with Gasteiger partial charge in [0.05, 0.1) is 46.4 Å². The molecule has 3 aliphatic rings. The molecule has 0 aliphatic carbocycles. The zero-order chi connectivity index (χ0) is 22.5. The summed E-state index contributed by atoms with van der Waals surface area (Å²) >= 11 is 0. The predicted octanol–water partition coefficient (Wildman–Crippen LogP) is 1.75. The fourth-order valence-corrected chi connectivity index (χ4v) is 5.73. The van der Waals surface area contributed by atoms with Gasteiger partial charge in [-0.25, -0.2) is 4.90 Å². The zero-order valence-electron chi connectivity index (χ0n) is 16.4. The van der Waals surface area contributed by atoms with Crippen LogP contribution in [-0.4, -0.2) is 45.4 Å². The van der Waals surface area contributed by atoms with E-state index in [1.807, 2.05) is 0 Å². The van der Waals surface area contributed by atoms with E-state index in [1.54, 1.807) is 6.92 Å². The highest BCUT2D eigenvalue weighted by atomic mass is 19.4. The lowest BCUT2D eigenvalue weighted by Crippen LogP contribution is -2.65. The molecule has 3 saturated heterocycles. The second-order valence-electron chi connectivity index (χ2n) is 8.77. The maximum atomic E-state index is 13.5. The van der Waals surface area contributed by atoms with Gasteiger partial charge in [-0.2, -0.15) is 18.4 Å². The summed E-state index contributed by atoms with van der Waals surface area (Å²) in [6.45, 7) is 3.70. The van der Waals surface area contributed by atoms with Gasteiger partial charge in [-0.1, -0.05) is 0 Å². The zero-order valence-corrected chi connectivity index (χ0v) is 16.4. The molecule has 160 valence electrons. The third-order valence-electron chi connectivity index (χ3n) is 7.21. The largest absolute Gasteiger partial charge is 0.417 e. The molecule has 3 fully saturated rings. The highest BCUT2D eigenvalue weighted by Crippen LogP contribution is 2.70. The average molecular weight is 424 g/mol. The van der Waals surface area contributed by atoms with Crippen molar-refractivity contribution in [2.45, 2.75) is 50.2 Å². The highest BCUT2D eigenvalue weighted by molar-refractivity contribution is 6.25. The third-order valence-corrected chi connectivity index (χ3v) is 7.21. The van der Waals surface area contributed by atoms with Crippen LogP contribution in [0, 0.1) is 22.7 Å². The molecule has 2 N–H and O–H groups in total. The average Bonchev–Trinajstić information content (AvgIpc) is 3.09. The molecule has 5 atom stereocenters. The fourth-order valence-electron chi connectivity index (χ4n) is 5.73. The number of nitriles is 1. The molecule has 0 radical (unpaired) electrons. The number of aliphatic hydroxyl groups is 2. The first kappa shape index (κ1) is 20.8. The molecule has 7 nitrogen and oxygen atoms in total. The number of ether oxygens (including phenoxy) is 1. The van der Waals surface area contributed by atoms with Crippen LogP contribution >= 0.6 is 0 Å². The molecule has 1 aromatic carbocycles. The lowest BCUT2D eigenvalue weighted by molar-refractivity contribution is -0.178. The lowest BCUT2D eigenvalue weighted by atomic mass is 9.54. The van der Waals surface area contributed by atoms with Crippen LogP contribution in [0.15, 0.2) is 18.2 Å². The summed E-state index contributed by atoms with van der Waals surface area (Å²) in [6.07, 6.45) is -4.97. The SMILES string of the molecule is CC12C[C@@](O)(CO)C(C)(O1)[C@]1(C)C(=O)N(c3ccc(C#N)c(C(F)(F)F)c3)C(=O)[C@H]21. The van der Waals surface area contributed by atoms with Gasteiger partial charge in [0.1, 0.15) is 11.2 Å². The van der Waals surface area contributed by atoms with Gasteiger partial charge in [0.15, 0.2) is 0 Å². The molecule has 3 aliphatic heterocycles. The number of carbonyl (C=O) groups excluding carboxylic acids is 2. The Morgan fingerprint density at radius 2 is 1.93 bits per heavy atom. The third kappa shape index (κ3) is 2.10. The number of hydrogen-bond acceptors (Lipinski definition) is 6. The minimum absolute atomic E-state index is 0.110. The van der Waals surface area contributed by atoms with E-state index >= 15 is 0 Å². The molecule has 4 rings (SSSR count). The molecule has 0 spiro atoms. The van der Waals surface area contributed by atoms with Crippen LogP contribution in [-0.2, 0) is 20.5 Å². The van der Waals surface area contributed by atoms with Crippen molar-refractivity contribution in [1.29, 1.82) is 5.26 Å². The van der Waals surface area contributed by atoms with Gasteiger partial charge >= 0.3 is 6.18 Å². The van der Waals surface area contributed by atoms with Crippen molar-refractivity contribution in [3.8, 4) is 6.07 Å². The first-order valence-electron chi connectivity index (χ1n) is 9.23. The summed E-state index contributed by atoms with van der Waals surface area (Å²) in [7, 11) is 0. The molecular weight excluding hydrogens is 405 g/mol. The van der Waals surface area contributed by atoms with Gasteiger partial charge in [-0.05, 0) is 39.0 Å². The van der Waals surface area contributed by atoms with E-state index in [0.29, 0.717) is 11.0 Å². The normalized spacial score (nSPS) is 40.1. The minimum atomic E-state index is -4.86. The molecule has 2 unspecified atom stereocenters. The topological polar surface area (TPSA) is 111 Å². The summed E-state index contributed by atoms with van der Waals surface area (Å²) in [5.74, 6) is -2.63. The number of nitrogens with zero attached hydrogens (tertiary/aromatic N) is 2. The van der Waals surface area contributed by atoms with Crippen molar-refractivity contribution in [3.63, 3.8) is 0 Å². The minimum Gasteiger partial charge on any atom is -0.393 e. The van der Waals surface area contributed by atoms with Crippen LogP contribution < -0.4 is 4.90 Å². The number of anilines is 1. The number of hydrogen-bond donors (Lipinski definition) is 2. The number of carbonyl (C=O) groups is 2. The molecule has 10 heteroatoms. The van der Waals surface area contributed by atoms with E-state index in [4.69, 9.17) is 10.00 Å². The van der Waals surface area contributed by atoms with Crippen LogP contribution in [0.25, 0.3) is 0 Å². The lowest BCUT2D eigenvalue weighted by Gasteiger charge is -2.47. The van der Waals surface area contributed by atoms with Gasteiger partial charge in [-0.3, -0.25) is 9.59 Å².